The lowest BCUT2D eigenvalue weighted by molar-refractivity contribution is -0.150. The molecule has 1 N–H and O–H groups in total. The second-order valence-corrected chi connectivity index (χ2v) is 5.18. The number of hydrogen-bond donors (Lipinski definition) is 1. The van der Waals surface area contributed by atoms with Crippen LogP contribution in [-0.4, -0.2) is 28.1 Å². The highest BCUT2D eigenvalue weighted by Crippen LogP contribution is 2.34. The fraction of sp³-hybridized carbons (Fsp3) is 0.467. The van der Waals surface area contributed by atoms with Gasteiger partial charge in [0.1, 0.15) is 11.4 Å². The van der Waals surface area contributed by atoms with Gasteiger partial charge in [0.15, 0.2) is 0 Å². The molecular weight excluding hydrogens is 259 g/mol. The first-order valence-electron chi connectivity index (χ1n) is 6.70. The number of carboxylic acids is 1. The average molecular weight is 276 g/mol. The van der Waals surface area contributed by atoms with Crippen LogP contribution in [0.15, 0.2) is 18.2 Å². The third-order valence-corrected chi connectivity index (χ3v) is 4.07. The number of aliphatic carboxylic acids is 1. The van der Waals surface area contributed by atoms with Gasteiger partial charge in [-0.1, -0.05) is 6.92 Å². The lowest BCUT2D eigenvalue weighted by Gasteiger charge is -2.33. The van der Waals surface area contributed by atoms with Crippen LogP contribution < -0.4 is 0 Å². The summed E-state index contributed by atoms with van der Waals surface area (Å²) in [7, 11) is 0. The fourth-order valence-electron chi connectivity index (χ4n) is 2.99. The molecule has 5 heteroatoms. The van der Waals surface area contributed by atoms with Gasteiger partial charge in [-0.3, -0.25) is 9.69 Å². The first-order valence-corrected chi connectivity index (χ1v) is 6.70. The van der Waals surface area contributed by atoms with Crippen molar-refractivity contribution in [3.05, 3.63) is 35.1 Å². The third-order valence-electron chi connectivity index (χ3n) is 4.07. The molecule has 1 aliphatic rings. The molecule has 1 aliphatic heterocycles. The van der Waals surface area contributed by atoms with Crippen LogP contribution in [0.5, 0.6) is 0 Å². The van der Waals surface area contributed by atoms with Gasteiger partial charge in [0, 0.05) is 6.54 Å². The molecule has 0 amide bonds. The average Bonchev–Trinajstić information content (AvgIpc) is 2.82. The van der Waals surface area contributed by atoms with Crippen molar-refractivity contribution in [3.63, 3.8) is 0 Å². The van der Waals surface area contributed by atoms with E-state index in [2.05, 4.69) is 0 Å². The molecule has 0 spiro atoms. The lowest BCUT2D eigenvalue weighted by Crippen LogP contribution is -2.49. The minimum Gasteiger partial charge on any atom is -0.480 e. The standard InChI is InChI=1S/C15H17FN2O2/c1-2-15(14(19)20)4-3-5-18(15)10-12-6-11(9-17)7-13(16)8-12/h6-8H,2-5,10H2,1H3,(H,19,20). The monoisotopic (exact) mass is 276 g/mol. The van der Waals surface area contributed by atoms with Crippen molar-refractivity contribution in [2.75, 3.05) is 6.54 Å². The number of likely N-dealkylation sites (tertiary alicyclic amines) is 1. The van der Waals surface area contributed by atoms with E-state index in [0.717, 1.165) is 6.42 Å². The molecule has 4 nitrogen and oxygen atoms in total. The van der Waals surface area contributed by atoms with Crippen LogP contribution in [-0.2, 0) is 11.3 Å². The zero-order valence-corrected chi connectivity index (χ0v) is 11.4. The van der Waals surface area contributed by atoms with Crippen molar-refractivity contribution in [1.29, 1.82) is 5.26 Å². The van der Waals surface area contributed by atoms with E-state index < -0.39 is 17.3 Å². The molecule has 2 rings (SSSR count). The van der Waals surface area contributed by atoms with E-state index in [4.69, 9.17) is 5.26 Å². The summed E-state index contributed by atoms with van der Waals surface area (Å²) >= 11 is 0. The molecule has 1 atom stereocenters. The maximum absolute atomic E-state index is 13.4. The molecule has 0 bridgehead atoms. The highest BCUT2D eigenvalue weighted by atomic mass is 19.1. The predicted octanol–water partition coefficient (Wildman–Crippen LogP) is 2.53. The normalized spacial score (nSPS) is 22.6. The van der Waals surface area contributed by atoms with Gasteiger partial charge in [0.05, 0.1) is 11.6 Å². The first kappa shape index (κ1) is 14.5. The smallest absolute Gasteiger partial charge is 0.324 e. The van der Waals surface area contributed by atoms with Gasteiger partial charge < -0.3 is 5.11 Å². The van der Waals surface area contributed by atoms with Crippen LogP contribution in [0.1, 0.15) is 37.3 Å². The van der Waals surface area contributed by atoms with E-state index in [9.17, 15) is 14.3 Å². The SMILES string of the molecule is CCC1(C(=O)O)CCCN1Cc1cc(F)cc(C#N)c1. The first-order chi connectivity index (χ1) is 9.51. The van der Waals surface area contributed by atoms with Crippen molar-refractivity contribution < 1.29 is 14.3 Å². The molecule has 0 aliphatic carbocycles. The van der Waals surface area contributed by atoms with Crippen molar-refractivity contribution in [2.24, 2.45) is 0 Å². The van der Waals surface area contributed by atoms with Crippen molar-refractivity contribution in [3.8, 4) is 6.07 Å². The summed E-state index contributed by atoms with van der Waals surface area (Å²) in [5.74, 6) is -1.29. The Hall–Kier alpha value is -1.93. The summed E-state index contributed by atoms with van der Waals surface area (Å²) < 4.78 is 13.4. The predicted molar refractivity (Wildman–Crippen MR) is 71.4 cm³/mol. The summed E-state index contributed by atoms with van der Waals surface area (Å²) in [5, 5.41) is 18.4. The van der Waals surface area contributed by atoms with Crippen LogP contribution in [0.4, 0.5) is 4.39 Å². The Morgan fingerprint density at radius 3 is 2.90 bits per heavy atom. The molecule has 20 heavy (non-hydrogen) atoms. The summed E-state index contributed by atoms with van der Waals surface area (Å²) in [6.45, 7) is 2.89. The molecule has 106 valence electrons. The van der Waals surface area contributed by atoms with E-state index in [0.29, 0.717) is 31.5 Å². The molecule has 1 unspecified atom stereocenters. The number of carbonyl (C=O) groups is 1. The molecule has 1 aromatic rings. The van der Waals surface area contributed by atoms with E-state index in [-0.39, 0.29) is 5.56 Å². The number of hydrogen-bond acceptors (Lipinski definition) is 3. The lowest BCUT2D eigenvalue weighted by atomic mass is 9.92. The molecule has 0 radical (unpaired) electrons. The van der Waals surface area contributed by atoms with E-state index in [1.165, 1.54) is 12.1 Å². The van der Waals surface area contributed by atoms with Gasteiger partial charge in [-0.2, -0.15) is 5.26 Å². The van der Waals surface area contributed by atoms with Gasteiger partial charge in [-0.15, -0.1) is 0 Å². The molecule has 0 aromatic heterocycles. The second-order valence-electron chi connectivity index (χ2n) is 5.18. The number of benzene rings is 1. The summed E-state index contributed by atoms with van der Waals surface area (Å²) in [6, 6.07) is 6.07. The van der Waals surface area contributed by atoms with Crippen molar-refractivity contribution in [2.45, 2.75) is 38.3 Å². The molecule has 1 saturated heterocycles. The highest BCUT2D eigenvalue weighted by molar-refractivity contribution is 5.79. The molecular formula is C15H17FN2O2. The zero-order valence-electron chi connectivity index (χ0n) is 11.4. The summed E-state index contributed by atoms with van der Waals surface area (Å²) in [4.78, 5) is 13.5. The Morgan fingerprint density at radius 1 is 1.55 bits per heavy atom. The molecule has 1 heterocycles. The van der Waals surface area contributed by atoms with Gasteiger partial charge in [0.2, 0.25) is 0 Å². The number of nitriles is 1. The zero-order chi connectivity index (χ0) is 14.8. The Morgan fingerprint density at radius 2 is 2.30 bits per heavy atom. The van der Waals surface area contributed by atoms with E-state index >= 15 is 0 Å². The van der Waals surface area contributed by atoms with Crippen LogP contribution in [0.3, 0.4) is 0 Å². The van der Waals surface area contributed by atoms with Crippen LogP contribution >= 0.6 is 0 Å². The van der Waals surface area contributed by atoms with Crippen LogP contribution in [0.2, 0.25) is 0 Å². The number of halogens is 1. The highest BCUT2D eigenvalue weighted by Gasteiger charge is 2.45. The molecule has 0 saturated carbocycles. The molecule has 1 aromatic carbocycles. The number of nitrogens with zero attached hydrogens (tertiary/aromatic N) is 2. The Balaban J connectivity index is 2.27. The topological polar surface area (TPSA) is 64.3 Å². The Kier molecular flexibility index (Phi) is 4.05. The quantitative estimate of drug-likeness (QED) is 0.917. The van der Waals surface area contributed by atoms with Gasteiger partial charge in [-0.25, -0.2) is 4.39 Å². The summed E-state index contributed by atoms with van der Waals surface area (Å²) in [5.41, 5.74) is 0.0400. The van der Waals surface area contributed by atoms with E-state index in [1.807, 2.05) is 17.9 Å². The second kappa shape index (κ2) is 5.59. The van der Waals surface area contributed by atoms with Gasteiger partial charge in [-0.05, 0) is 49.6 Å². The van der Waals surface area contributed by atoms with Gasteiger partial charge >= 0.3 is 5.97 Å². The number of carboxylic acid groups (broad SMARTS) is 1. The minimum atomic E-state index is -0.862. The summed E-state index contributed by atoms with van der Waals surface area (Å²) in [6.07, 6.45) is 1.95. The maximum Gasteiger partial charge on any atom is 0.324 e. The Labute approximate surface area is 117 Å². The third kappa shape index (κ3) is 2.52. The van der Waals surface area contributed by atoms with Gasteiger partial charge in [0.25, 0.3) is 0 Å². The van der Waals surface area contributed by atoms with Crippen molar-refractivity contribution >= 4 is 5.97 Å². The largest absolute Gasteiger partial charge is 0.480 e. The van der Waals surface area contributed by atoms with Crippen molar-refractivity contribution in [1.82, 2.24) is 4.90 Å². The fourth-order valence-corrected chi connectivity index (χ4v) is 2.99. The van der Waals surface area contributed by atoms with E-state index in [1.54, 1.807) is 6.07 Å². The minimum absolute atomic E-state index is 0.261. The Bertz CT molecular complexity index is 567. The molecule has 1 fully saturated rings. The van der Waals surface area contributed by atoms with Crippen LogP contribution in [0.25, 0.3) is 0 Å². The maximum atomic E-state index is 13.4. The number of rotatable bonds is 4. The van der Waals surface area contributed by atoms with Crippen LogP contribution in [0, 0.1) is 17.1 Å².